The lowest BCUT2D eigenvalue weighted by molar-refractivity contribution is 0.792. The van der Waals surface area contributed by atoms with Crippen LogP contribution in [0.3, 0.4) is 0 Å². The number of hydrogen-bond acceptors (Lipinski definition) is 3. The summed E-state index contributed by atoms with van der Waals surface area (Å²) >= 11 is 0. The first-order valence-corrected chi connectivity index (χ1v) is 7.12. The van der Waals surface area contributed by atoms with Crippen molar-refractivity contribution in [3.05, 3.63) is 59.7 Å². The van der Waals surface area contributed by atoms with E-state index in [2.05, 4.69) is 38.6 Å². The molecule has 0 bridgehead atoms. The van der Waals surface area contributed by atoms with Gasteiger partial charge in [-0.25, -0.2) is 4.99 Å². The number of rotatable bonds is 5. The molecule has 0 aromatic carbocycles. The number of aromatic nitrogens is 2. The molecule has 2 aromatic rings. The number of nitrogens with one attached hydrogen (secondary N) is 2. The van der Waals surface area contributed by atoms with Crippen molar-refractivity contribution >= 4 is 5.96 Å². The van der Waals surface area contributed by atoms with Crippen LogP contribution in [-0.4, -0.2) is 22.5 Å². The van der Waals surface area contributed by atoms with E-state index < -0.39 is 0 Å². The molecule has 0 fully saturated rings. The van der Waals surface area contributed by atoms with E-state index in [1.165, 1.54) is 5.56 Å². The Morgan fingerprint density at radius 1 is 1.10 bits per heavy atom. The van der Waals surface area contributed by atoms with Crippen molar-refractivity contribution in [3.63, 3.8) is 0 Å². The maximum absolute atomic E-state index is 4.53. The van der Waals surface area contributed by atoms with E-state index in [9.17, 15) is 0 Å². The normalized spacial score (nSPS) is 11.2. The quantitative estimate of drug-likeness (QED) is 0.651. The minimum atomic E-state index is 0.553. The van der Waals surface area contributed by atoms with Crippen LogP contribution >= 0.6 is 0 Å². The number of aliphatic imine (C=N–C) groups is 1. The van der Waals surface area contributed by atoms with Crippen molar-refractivity contribution < 1.29 is 0 Å². The third kappa shape index (κ3) is 4.87. The first kappa shape index (κ1) is 15.0. The molecule has 0 amide bonds. The van der Waals surface area contributed by atoms with Crippen LogP contribution in [0.4, 0.5) is 0 Å². The highest BCUT2D eigenvalue weighted by atomic mass is 15.2. The van der Waals surface area contributed by atoms with Crippen molar-refractivity contribution in [1.29, 1.82) is 0 Å². The minimum absolute atomic E-state index is 0.553. The van der Waals surface area contributed by atoms with Gasteiger partial charge in [-0.15, -0.1) is 0 Å². The largest absolute Gasteiger partial charge is 0.357 e. The van der Waals surface area contributed by atoms with Gasteiger partial charge in [0.25, 0.3) is 0 Å². The Morgan fingerprint density at radius 3 is 2.67 bits per heavy atom. The van der Waals surface area contributed by atoms with Crippen LogP contribution in [0.1, 0.15) is 23.9 Å². The van der Waals surface area contributed by atoms with E-state index in [1.807, 2.05) is 37.4 Å². The van der Waals surface area contributed by atoms with Crippen molar-refractivity contribution in [3.8, 4) is 0 Å². The Bertz CT molecular complexity index is 580. The molecule has 0 saturated carbocycles. The lowest BCUT2D eigenvalue weighted by Crippen LogP contribution is -2.37. The van der Waals surface area contributed by atoms with Gasteiger partial charge in [0, 0.05) is 18.9 Å². The zero-order valence-corrected chi connectivity index (χ0v) is 12.5. The highest BCUT2D eigenvalue weighted by molar-refractivity contribution is 5.79. The highest BCUT2D eigenvalue weighted by Crippen LogP contribution is 2.02. The van der Waals surface area contributed by atoms with Gasteiger partial charge in [-0.1, -0.05) is 12.1 Å². The lowest BCUT2D eigenvalue weighted by Gasteiger charge is -2.12. The Hall–Kier alpha value is -2.43. The third-order valence-electron chi connectivity index (χ3n) is 3.01. The Labute approximate surface area is 125 Å². The van der Waals surface area contributed by atoms with Crippen LogP contribution < -0.4 is 10.6 Å². The zero-order valence-electron chi connectivity index (χ0n) is 12.5. The molecule has 2 rings (SSSR count). The smallest absolute Gasteiger partial charge is 0.191 e. The molecule has 0 atom stereocenters. The fourth-order valence-electron chi connectivity index (χ4n) is 1.86. The van der Waals surface area contributed by atoms with Crippen LogP contribution in [0, 0.1) is 6.92 Å². The molecular formula is C16H21N5. The fourth-order valence-corrected chi connectivity index (χ4v) is 1.86. The van der Waals surface area contributed by atoms with E-state index in [0.717, 1.165) is 23.9 Å². The average Bonchev–Trinajstić information content (AvgIpc) is 2.52. The number of guanidine groups is 1. The monoisotopic (exact) mass is 283 g/mol. The van der Waals surface area contributed by atoms with Crippen LogP contribution in [0.25, 0.3) is 0 Å². The maximum atomic E-state index is 4.53. The minimum Gasteiger partial charge on any atom is -0.357 e. The maximum Gasteiger partial charge on any atom is 0.191 e. The van der Waals surface area contributed by atoms with Crippen LogP contribution in [0.15, 0.2) is 47.7 Å². The van der Waals surface area contributed by atoms with Gasteiger partial charge < -0.3 is 10.6 Å². The van der Waals surface area contributed by atoms with Gasteiger partial charge in [-0.05, 0) is 37.6 Å². The summed E-state index contributed by atoms with van der Waals surface area (Å²) in [5, 5.41) is 6.52. The molecule has 0 aliphatic heterocycles. The molecule has 0 aliphatic rings. The second-order valence-corrected chi connectivity index (χ2v) is 4.64. The zero-order chi connectivity index (χ0) is 14.9. The summed E-state index contributed by atoms with van der Waals surface area (Å²) in [6, 6.07) is 9.84. The third-order valence-corrected chi connectivity index (χ3v) is 3.01. The molecular weight excluding hydrogens is 262 g/mol. The van der Waals surface area contributed by atoms with E-state index in [0.29, 0.717) is 13.1 Å². The molecule has 0 saturated heterocycles. The first-order valence-electron chi connectivity index (χ1n) is 7.12. The standard InChI is InChI=1S/C16H21N5/c1-3-17-16(20-11-14-8-4-5-9-18-14)21-12-15-13(2)7-6-10-19-15/h4-10H,3,11-12H2,1-2H3,(H2,17,20,21). The molecule has 2 aromatic heterocycles. The summed E-state index contributed by atoms with van der Waals surface area (Å²) in [6.45, 7) is 6.12. The molecule has 21 heavy (non-hydrogen) atoms. The van der Waals surface area contributed by atoms with E-state index in [-0.39, 0.29) is 0 Å². The van der Waals surface area contributed by atoms with Crippen LogP contribution in [0.5, 0.6) is 0 Å². The summed E-state index contributed by atoms with van der Waals surface area (Å²) in [7, 11) is 0. The summed E-state index contributed by atoms with van der Waals surface area (Å²) in [5.41, 5.74) is 3.15. The van der Waals surface area contributed by atoms with Gasteiger partial charge in [-0.2, -0.15) is 0 Å². The molecule has 0 unspecified atom stereocenters. The fraction of sp³-hybridized carbons (Fsp3) is 0.312. The molecule has 2 N–H and O–H groups in total. The van der Waals surface area contributed by atoms with Gasteiger partial charge in [0.05, 0.1) is 24.5 Å². The summed E-state index contributed by atoms with van der Waals surface area (Å²) < 4.78 is 0. The Kier molecular flexibility index (Phi) is 5.70. The Morgan fingerprint density at radius 2 is 1.95 bits per heavy atom. The SMILES string of the molecule is CCNC(=NCc1ccccn1)NCc1ncccc1C. The topological polar surface area (TPSA) is 62.2 Å². The molecule has 0 radical (unpaired) electrons. The van der Waals surface area contributed by atoms with Crippen molar-refractivity contribution in [2.75, 3.05) is 6.54 Å². The lowest BCUT2D eigenvalue weighted by atomic mass is 10.2. The molecule has 5 heteroatoms. The van der Waals surface area contributed by atoms with E-state index in [4.69, 9.17) is 0 Å². The second-order valence-electron chi connectivity index (χ2n) is 4.64. The van der Waals surface area contributed by atoms with Crippen molar-refractivity contribution in [2.45, 2.75) is 26.9 Å². The van der Waals surface area contributed by atoms with Gasteiger partial charge in [0.15, 0.2) is 5.96 Å². The summed E-state index contributed by atoms with van der Waals surface area (Å²) in [6.07, 6.45) is 3.59. The number of nitrogens with zero attached hydrogens (tertiary/aromatic N) is 3. The molecule has 5 nitrogen and oxygen atoms in total. The number of aryl methyl sites for hydroxylation is 1. The van der Waals surface area contributed by atoms with Crippen molar-refractivity contribution in [1.82, 2.24) is 20.6 Å². The van der Waals surface area contributed by atoms with Gasteiger partial charge in [0.2, 0.25) is 0 Å². The predicted molar refractivity (Wildman–Crippen MR) is 84.9 cm³/mol. The highest BCUT2D eigenvalue weighted by Gasteiger charge is 2.01. The molecule has 0 aliphatic carbocycles. The van der Waals surface area contributed by atoms with Gasteiger partial charge in [0.1, 0.15) is 0 Å². The first-order chi connectivity index (χ1) is 10.3. The Balaban J connectivity index is 1.97. The number of pyridine rings is 2. The summed E-state index contributed by atoms with van der Waals surface area (Å²) in [4.78, 5) is 13.2. The van der Waals surface area contributed by atoms with E-state index in [1.54, 1.807) is 6.20 Å². The predicted octanol–water partition coefficient (Wildman–Crippen LogP) is 2.04. The number of hydrogen-bond donors (Lipinski definition) is 2. The molecule has 2 heterocycles. The van der Waals surface area contributed by atoms with Gasteiger partial charge >= 0.3 is 0 Å². The van der Waals surface area contributed by atoms with E-state index >= 15 is 0 Å². The average molecular weight is 283 g/mol. The van der Waals surface area contributed by atoms with Gasteiger partial charge in [-0.3, -0.25) is 9.97 Å². The summed E-state index contributed by atoms with van der Waals surface area (Å²) in [5.74, 6) is 0.771. The van der Waals surface area contributed by atoms with Crippen LogP contribution in [0.2, 0.25) is 0 Å². The molecule has 110 valence electrons. The second kappa shape index (κ2) is 7.99. The molecule has 0 spiro atoms. The van der Waals surface area contributed by atoms with Crippen LogP contribution in [-0.2, 0) is 13.1 Å². The van der Waals surface area contributed by atoms with Crippen molar-refractivity contribution in [2.24, 2.45) is 4.99 Å².